The SMILES string of the molecule is CC(=O)C(=O)[C@H](N)[C@@H](OP(=O)(O)O)[C@@H](O)[C@H](O)CO. The minimum absolute atomic E-state index is 0.867. The van der Waals surface area contributed by atoms with Crippen molar-refractivity contribution in [3.05, 3.63) is 0 Å². The van der Waals surface area contributed by atoms with Gasteiger partial charge in [-0.3, -0.25) is 14.1 Å². The number of carbonyl (C=O) groups is 2. The molecule has 0 aliphatic rings. The van der Waals surface area contributed by atoms with E-state index in [0.717, 1.165) is 6.92 Å². The van der Waals surface area contributed by atoms with E-state index in [1.807, 2.05) is 0 Å². The fraction of sp³-hybridized carbons (Fsp3) is 0.750. The minimum Gasteiger partial charge on any atom is -0.394 e. The average Bonchev–Trinajstić information content (AvgIpc) is 2.30. The molecular weight excluding hydrogens is 285 g/mol. The van der Waals surface area contributed by atoms with Gasteiger partial charge in [-0.05, 0) is 0 Å². The Labute approximate surface area is 108 Å². The molecule has 0 amide bonds. The van der Waals surface area contributed by atoms with Gasteiger partial charge >= 0.3 is 7.82 Å². The Morgan fingerprint density at radius 1 is 1.32 bits per heavy atom. The lowest BCUT2D eigenvalue weighted by Gasteiger charge is -2.29. The second kappa shape index (κ2) is 7.17. The molecular formula is C8H16NO9P. The first-order chi connectivity index (χ1) is 8.51. The van der Waals surface area contributed by atoms with Gasteiger partial charge in [-0.1, -0.05) is 0 Å². The molecule has 10 nitrogen and oxygen atoms in total. The second-order valence-electron chi connectivity index (χ2n) is 3.75. The molecule has 0 aromatic rings. The van der Waals surface area contributed by atoms with Crippen LogP contribution >= 0.6 is 7.82 Å². The van der Waals surface area contributed by atoms with E-state index in [2.05, 4.69) is 4.52 Å². The summed E-state index contributed by atoms with van der Waals surface area (Å²) in [6, 6.07) is -1.90. The number of phosphoric ester groups is 1. The molecule has 4 atom stereocenters. The number of hydrogen-bond acceptors (Lipinski definition) is 8. The second-order valence-corrected chi connectivity index (χ2v) is 4.94. The molecule has 7 N–H and O–H groups in total. The fourth-order valence-corrected chi connectivity index (χ4v) is 1.78. The number of rotatable bonds is 8. The van der Waals surface area contributed by atoms with Gasteiger partial charge in [-0.15, -0.1) is 0 Å². The molecule has 19 heavy (non-hydrogen) atoms. The van der Waals surface area contributed by atoms with Gasteiger partial charge in [0.15, 0.2) is 5.78 Å². The lowest BCUT2D eigenvalue weighted by molar-refractivity contribution is -0.140. The number of Topliss-reactive ketones (excluding diaryl/α,β-unsaturated/α-hetero) is 2. The summed E-state index contributed by atoms with van der Waals surface area (Å²) in [6.07, 6.45) is -5.99. The van der Waals surface area contributed by atoms with Crippen molar-refractivity contribution in [3.63, 3.8) is 0 Å². The van der Waals surface area contributed by atoms with Gasteiger partial charge in [0, 0.05) is 6.92 Å². The molecule has 0 saturated heterocycles. The van der Waals surface area contributed by atoms with E-state index in [1.54, 1.807) is 0 Å². The van der Waals surface area contributed by atoms with Gasteiger partial charge in [0.2, 0.25) is 5.78 Å². The molecule has 0 heterocycles. The molecule has 0 saturated carbocycles. The lowest BCUT2D eigenvalue weighted by atomic mass is 9.97. The van der Waals surface area contributed by atoms with Crippen LogP contribution in [-0.2, 0) is 18.7 Å². The number of nitrogens with two attached hydrogens (primary N) is 1. The molecule has 11 heteroatoms. The van der Waals surface area contributed by atoms with Crippen molar-refractivity contribution in [2.45, 2.75) is 31.3 Å². The zero-order chi connectivity index (χ0) is 15.4. The van der Waals surface area contributed by atoms with Crippen LogP contribution in [0.3, 0.4) is 0 Å². The summed E-state index contributed by atoms with van der Waals surface area (Å²) in [7, 11) is -5.15. The number of ketones is 2. The molecule has 0 aromatic heterocycles. The van der Waals surface area contributed by atoms with Crippen LogP contribution in [0.2, 0.25) is 0 Å². The van der Waals surface area contributed by atoms with E-state index in [9.17, 15) is 24.4 Å². The first-order valence-corrected chi connectivity index (χ1v) is 6.55. The quantitative estimate of drug-likeness (QED) is 0.195. The standard InChI is InChI=1S/C8H16NO9P/c1-3(11)6(13)5(9)8(18-19(15,16)17)7(14)4(12)2-10/h4-5,7-8,10,12,14H,2,9H2,1H3,(H2,15,16,17)/t4-,5+,7+,8-/m1/s1. The Kier molecular flexibility index (Phi) is 6.91. The maximum atomic E-state index is 11.3. The Bertz CT molecular complexity index is 380. The number of hydrogen-bond donors (Lipinski definition) is 6. The summed E-state index contributed by atoms with van der Waals surface area (Å²) in [4.78, 5) is 39.5. The van der Waals surface area contributed by atoms with Crippen molar-refractivity contribution >= 4 is 19.4 Å². The fourth-order valence-electron chi connectivity index (χ4n) is 1.21. The highest BCUT2D eigenvalue weighted by atomic mass is 31.2. The van der Waals surface area contributed by atoms with Gasteiger partial charge in [-0.2, -0.15) is 0 Å². The summed E-state index contributed by atoms with van der Waals surface area (Å²) in [6.45, 7) is -0.102. The van der Waals surface area contributed by atoms with Crippen molar-refractivity contribution in [1.82, 2.24) is 0 Å². The van der Waals surface area contributed by atoms with Crippen LogP contribution < -0.4 is 5.73 Å². The van der Waals surface area contributed by atoms with E-state index < -0.39 is 50.3 Å². The van der Waals surface area contributed by atoms with E-state index in [4.69, 9.17) is 20.6 Å². The van der Waals surface area contributed by atoms with Crippen LogP contribution in [0, 0.1) is 0 Å². The van der Waals surface area contributed by atoms with Crippen molar-refractivity contribution in [2.75, 3.05) is 6.61 Å². The molecule has 0 rings (SSSR count). The smallest absolute Gasteiger partial charge is 0.394 e. The molecule has 0 aliphatic carbocycles. The first kappa shape index (κ1) is 18.3. The van der Waals surface area contributed by atoms with Crippen molar-refractivity contribution < 1.29 is 43.8 Å². The highest BCUT2D eigenvalue weighted by Crippen LogP contribution is 2.39. The third kappa shape index (κ3) is 5.85. The third-order valence-electron chi connectivity index (χ3n) is 2.18. The zero-order valence-electron chi connectivity index (χ0n) is 9.91. The van der Waals surface area contributed by atoms with Crippen LogP contribution in [0.5, 0.6) is 0 Å². The summed E-state index contributed by atoms with van der Waals surface area (Å²) in [5.74, 6) is -2.26. The van der Waals surface area contributed by atoms with Crippen molar-refractivity contribution in [1.29, 1.82) is 0 Å². The molecule has 0 spiro atoms. The number of carbonyl (C=O) groups excluding carboxylic acids is 2. The van der Waals surface area contributed by atoms with Crippen LogP contribution in [0.15, 0.2) is 0 Å². The topological polar surface area (TPSA) is 188 Å². The Balaban J connectivity index is 5.22. The maximum Gasteiger partial charge on any atom is 0.470 e. The minimum atomic E-state index is -5.15. The van der Waals surface area contributed by atoms with Crippen molar-refractivity contribution in [3.8, 4) is 0 Å². The number of aliphatic hydroxyl groups excluding tert-OH is 3. The van der Waals surface area contributed by atoms with Gasteiger partial charge < -0.3 is 30.8 Å². The van der Waals surface area contributed by atoms with Gasteiger partial charge in [-0.25, -0.2) is 4.57 Å². The normalized spacial score (nSPS) is 18.5. The predicted octanol–water partition coefficient (Wildman–Crippen LogP) is -3.34. The van der Waals surface area contributed by atoms with Gasteiger partial charge in [0.25, 0.3) is 0 Å². The Morgan fingerprint density at radius 2 is 1.79 bits per heavy atom. The van der Waals surface area contributed by atoms with Crippen molar-refractivity contribution in [2.24, 2.45) is 5.73 Å². The number of aliphatic hydroxyl groups is 3. The van der Waals surface area contributed by atoms with Gasteiger partial charge in [0.05, 0.1) is 6.61 Å². The largest absolute Gasteiger partial charge is 0.470 e. The summed E-state index contributed by atoms with van der Waals surface area (Å²) in [5.41, 5.74) is 5.27. The predicted molar refractivity (Wildman–Crippen MR) is 59.7 cm³/mol. The van der Waals surface area contributed by atoms with Crippen LogP contribution in [0.4, 0.5) is 0 Å². The zero-order valence-corrected chi connectivity index (χ0v) is 10.8. The van der Waals surface area contributed by atoms with E-state index >= 15 is 0 Å². The molecule has 0 bridgehead atoms. The van der Waals surface area contributed by atoms with E-state index in [-0.39, 0.29) is 0 Å². The first-order valence-electron chi connectivity index (χ1n) is 5.02. The summed E-state index contributed by atoms with van der Waals surface area (Å²) < 4.78 is 14.8. The highest BCUT2D eigenvalue weighted by Gasteiger charge is 2.40. The van der Waals surface area contributed by atoms with Gasteiger partial charge in [0.1, 0.15) is 24.4 Å². The molecule has 0 radical (unpaired) electrons. The molecule has 0 fully saturated rings. The monoisotopic (exact) mass is 301 g/mol. The maximum absolute atomic E-state index is 11.3. The van der Waals surface area contributed by atoms with Crippen LogP contribution in [-0.4, -0.2) is 67.6 Å². The van der Waals surface area contributed by atoms with E-state index in [0.29, 0.717) is 0 Å². The highest BCUT2D eigenvalue weighted by molar-refractivity contribution is 7.46. The third-order valence-corrected chi connectivity index (χ3v) is 2.70. The molecule has 0 aromatic carbocycles. The molecule has 112 valence electrons. The summed E-state index contributed by atoms with van der Waals surface area (Å²) >= 11 is 0. The lowest BCUT2D eigenvalue weighted by Crippen LogP contribution is -2.54. The molecule has 0 aliphatic heterocycles. The summed E-state index contributed by atoms with van der Waals surface area (Å²) in [5, 5.41) is 27.3. The van der Waals surface area contributed by atoms with E-state index in [1.165, 1.54) is 0 Å². The Morgan fingerprint density at radius 3 is 2.11 bits per heavy atom. The molecule has 0 unspecified atom stereocenters. The Hall–Kier alpha value is -0.710. The average molecular weight is 301 g/mol. The van der Waals surface area contributed by atoms with Crippen LogP contribution in [0.25, 0.3) is 0 Å². The van der Waals surface area contributed by atoms with Crippen LogP contribution in [0.1, 0.15) is 6.92 Å². The number of phosphoric acid groups is 1.